The van der Waals surface area contributed by atoms with E-state index in [0.717, 1.165) is 19.3 Å². The minimum atomic E-state index is -1.98. The molecular formula is C15H28O2Si. The molecule has 1 aliphatic carbocycles. The molecule has 1 fully saturated rings. The molecule has 1 rings (SSSR count). The molecule has 0 aromatic carbocycles. The van der Waals surface area contributed by atoms with E-state index in [2.05, 4.69) is 40.4 Å². The molecule has 0 spiro atoms. The first-order chi connectivity index (χ1) is 8.19. The van der Waals surface area contributed by atoms with Crippen LogP contribution in [0.25, 0.3) is 0 Å². The number of hydrogen-bond acceptors (Lipinski definition) is 2. The second-order valence-corrected chi connectivity index (χ2v) is 11.7. The predicted octanol–water partition coefficient (Wildman–Crippen LogP) is 4.53. The van der Waals surface area contributed by atoms with Crippen LogP contribution in [0, 0.1) is 11.8 Å². The van der Waals surface area contributed by atoms with Crippen LogP contribution in [0.4, 0.5) is 0 Å². The Kier molecular flexibility index (Phi) is 4.82. The fourth-order valence-corrected chi connectivity index (χ4v) is 3.18. The van der Waals surface area contributed by atoms with Crippen LogP contribution in [-0.4, -0.2) is 14.3 Å². The van der Waals surface area contributed by atoms with Crippen LogP contribution in [0.5, 0.6) is 0 Å². The first-order valence-corrected chi connectivity index (χ1v) is 9.95. The van der Waals surface area contributed by atoms with Gasteiger partial charge in [-0.1, -0.05) is 39.7 Å². The number of rotatable bonds is 3. The molecule has 2 nitrogen and oxygen atoms in total. The van der Waals surface area contributed by atoms with Gasteiger partial charge in [-0.3, -0.25) is 4.79 Å². The van der Waals surface area contributed by atoms with E-state index in [1.165, 1.54) is 6.42 Å². The molecule has 0 bridgehead atoms. The van der Waals surface area contributed by atoms with Gasteiger partial charge < -0.3 is 4.43 Å². The first kappa shape index (κ1) is 15.5. The Balaban J connectivity index is 2.72. The number of allylic oxidation sites excluding steroid dienone is 1. The summed E-state index contributed by atoms with van der Waals surface area (Å²) in [4.78, 5) is 12.4. The maximum absolute atomic E-state index is 12.4. The lowest BCUT2D eigenvalue weighted by molar-refractivity contribution is -0.142. The minimum absolute atomic E-state index is 0.0196. The average molecular weight is 268 g/mol. The van der Waals surface area contributed by atoms with Crippen molar-refractivity contribution in [2.24, 2.45) is 11.8 Å². The summed E-state index contributed by atoms with van der Waals surface area (Å²) in [6.07, 6.45) is 6.34. The summed E-state index contributed by atoms with van der Waals surface area (Å²) in [7, 11) is -1.98. The van der Waals surface area contributed by atoms with Crippen molar-refractivity contribution >= 4 is 14.3 Å². The quantitative estimate of drug-likeness (QED) is 0.555. The van der Waals surface area contributed by atoms with Crippen LogP contribution < -0.4 is 0 Å². The highest BCUT2D eigenvalue weighted by Gasteiger charge is 2.42. The smallest absolute Gasteiger partial charge is 0.296 e. The number of carbonyl (C=O) groups is 1. The van der Waals surface area contributed by atoms with Crippen LogP contribution in [0.2, 0.25) is 18.1 Å². The van der Waals surface area contributed by atoms with Gasteiger partial charge in [0.15, 0.2) is 0 Å². The lowest BCUT2D eigenvalue weighted by atomic mass is 9.79. The second kappa shape index (κ2) is 5.60. The van der Waals surface area contributed by atoms with E-state index in [4.69, 9.17) is 4.43 Å². The molecule has 3 heteroatoms. The second-order valence-electron chi connectivity index (χ2n) is 6.97. The minimum Gasteiger partial charge on any atom is -0.519 e. The summed E-state index contributed by atoms with van der Waals surface area (Å²) >= 11 is 0. The molecule has 0 heterocycles. The zero-order valence-corrected chi connectivity index (χ0v) is 13.6. The molecule has 0 aromatic rings. The van der Waals surface area contributed by atoms with Gasteiger partial charge in [0.05, 0.1) is 5.92 Å². The molecule has 2 atom stereocenters. The largest absolute Gasteiger partial charge is 0.519 e. The first-order valence-electron chi connectivity index (χ1n) is 7.04. The van der Waals surface area contributed by atoms with Crippen molar-refractivity contribution in [1.82, 2.24) is 0 Å². The third-order valence-electron chi connectivity index (χ3n) is 4.59. The predicted molar refractivity (Wildman–Crippen MR) is 78.9 cm³/mol. The molecule has 0 N–H and O–H groups in total. The molecule has 18 heavy (non-hydrogen) atoms. The summed E-state index contributed by atoms with van der Waals surface area (Å²) in [6, 6.07) is 0. The highest BCUT2D eigenvalue weighted by Crippen LogP contribution is 2.39. The monoisotopic (exact) mass is 268 g/mol. The topological polar surface area (TPSA) is 26.3 Å². The molecule has 0 unspecified atom stereocenters. The van der Waals surface area contributed by atoms with Crippen molar-refractivity contribution in [1.29, 1.82) is 0 Å². The number of hydrogen-bond donors (Lipinski definition) is 0. The molecular weight excluding hydrogens is 240 g/mol. The molecule has 1 saturated carbocycles. The van der Waals surface area contributed by atoms with E-state index in [9.17, 15) is 4.79 Å². The van der Waals surface area contributed by atoms with Gasteiger partial charge in [-0.2, -0.15) is 0 Å². The van der Waals surface area contributed by atoms with E-state index >= 15 is 0 Å². The van der Waals surface area contributed by atoms with Crippen molar-refractivity contribution in [2.45, 2.75) is 64.6 Å². The van der Waals surface area contributed by atoms with Crippen LogP contribution in [-0.2, 0) is 9.22 Å². The highest BCUT2D eigenvalue weighted by molar-refractivity contribution is 6.75. The van der Waals surface area contributed by atoms with Crippen molar-refractivity contribution in [2.75, 3.05) is 0 Å². The Morgan fingerprint density at radius 3 is 2.33 bits per heavy atom. The Labute approximate surface area is 113 Å². The molecule has 0 radical (unpaired) electrons. The van der Waals surface area contributed by atoms with Gasteiger partial charge in [-0.15, -0.1) is 6.58 Å². The van der Waals surface area contributed by atoms with Crippen molar-refractivity contribution in [3.8, 4) is 0 Å². The molecule has 0 aliphatic heterocycles. The summed E-state index contributed by atoms with van der Waals surface area (Å²) < 4.78 is 5.93. The van der Waals surface area contributed by atoms with Crippen LogP contribution in [0.1, 0.15) is 46.5 Å². The van der Waals surface area contributed by atoms with E-state index in [1.54, 1.807) is 0 Å². The summed E-state index contributed by atoms with van der Waals surface area (Å²) in [5.74, 6) is 0.382. The maximum atomic E-state index is 12.4. The Morgan fingerprint density at radius 2 is 1.83 bits per heavy atom. The van der Waals surface area contributed by atoms with Gasteiger partial charge in [0, 0.05) is 0 Å². The van der Waals surface area contributed by atoms with Crippen LogP contribution in [0.3, 0.4) is 0 Å². The van der Waals surface area contributed by atoms with Gasteiger partial charge in [0.25, 0.3) is 14.3 Å². The lowest BCUT2D eigenvalue weighted by Crippen LogP contribution is -2.45. The number of carbonyl (C=O) groups excluding carboxylic acids is 1. The molecule has 0 saturated heterocycles. The fraction of sp³-hybridized carbons (Fsp3) is 0.800. The Hall–Kier alpha value is -0.573. The highest BCUT2D eigenvalue weighted by atomic mass is 28.4. The van der Waals surface area contributed by atoms with Gasteiger partial charge >= 0.3 is 0 Å². The maximum Gasteiger partial charge on any atom is 0.296 e. The lowest BCUT2D eigenvalue weighted by Gasteiger charge is -2.38. The summed E-state index contributed by atoms with van der Waals surface area (Å²) in [6.45, 7) is 14.6. The SMILES string of the molecule is C=C[C@H]1CCCC[C@H]1C(=O)O[Si](C)(C)C(C)(C)C. The van der Waals surface area contributed by atoms with Crippen molar-refractivity contribution in [3.63, 3.8) is 0 Å². The van der Waals surface area contributed by atoms with E-state index in [1.807, 2.05) is 6.08 Å². The van der Waals surface area contributed by atoms with Crippen LogP contribution in [0.15, 0.2) is 12.7 Å². The molecule has 1 aliphatic rings. The van der Waals surface area contributed by atoms with Crippen LogP contribution >= 0.6 is 0 Å². The zero-order chi connectivity index (χ0) is 14.0. The molecule has 104 valence electrons. The van der Waals surface area contributed by atoms with E-state index in [0.29, 0.717) is 5.92 Å². The Morgan fingerprint density at radius 1 is 1.28 bits per heavy atom. The third kappa shape index (κ3) is 3.47. The van der Waals surface area contributed by atoms with Gasteiger partial charge in [0.2, 0.25) is 0 Å². The van der Waals surface area contributed by atoms with Gasteiger partial charge in [-0.25, -0.2) is 0 Å². The average Bonchev–Trinajstić information content (AvgIpc) is 2.26. The van der Waals surface area contributed by atoms with E-state index in [-0.39, 0.29) is 16.9 Å². The van der Waals surface area contributed by atoms with Gasteiger partial charge in [0.1, 0.15) is 0 Å². The van der Waals surface area contributed by atoms with Crippen molar-refractivity contribution < 1.29 is 9.22 Å². The zero-order valence-electron chi connectivity index (χ0n) is 12.6. The third-order valence-corrected chi connectivity index (χ3v) is 8.91. The van der Waals surface area contributed by atoms with Crippen molar-refractivity contribution in [3.05, 3.63) is 12.7 Å². The normalized spacial score (nSPS) is 25.6. The standard InChI is InChI=1S/C15H28O2Si/c1-7-12-10-8-9-11-13(12)14(16)17-18(5,6)15(2,3)4/h7,12-13H,1,8-11H2,2-6H3/t12-,13+/m0/s1. The summed E-state index contributed by atoms with van der Waals surface area (Å²) in [5.41, 5.74) is 0. The summed E-state index contributed by atoms with van der Waals surface area (Å²) in [5, 5.41) is 0.0843. The van der Waals surface area contributed by atoms with E-state index < -0.39 is 8.32 Å². The van der Waals surface area contributed by atoms with Gasteiger partial charge in [-0.05, 0) is 36.9 Å². The fourth-order valence-electron chi connectivity index (χ4n) is 2.21. The molecule has 0 aromatic heterocycles. The Bertz CT molecular complexity index is 315. The molecule has 0 amide bonds.